The minimum atomic E-state index is -0.781. The van der Waals surface area contributed by atoms with Crippen LogP contribution in [0.25, 0.3) is 0 Å². The monoisotopic (exact) mass is 308 g/mol. The molecule has 1 unspecified atom stereocenters. The van der Waals surface area contributed by atoms with Crippen LogP contribution >= 0.6 is 0 Å². The molecular formula is C18H16N2O3. The van der Waals surface area contributed by atoms with E-state index < -0.39 is 12.0 Å². The molecule has 1 amide bonds. The fourth-order valence-electron chi connectivity index (χ4n) is 1.96. The van der Waals surface area contributed by atoms with Gasteiger partial charge in [-0.15, -0.1) is 0 Å². The summed E-state index contributed by atoms with van der Waals surface area (Å²) in [6.07, 6.45) is 0. The minimum Gasteiger partial charge on any atom is -0.459 e. The van der Waals surface area contributed by atoms with Crippen LogP contribution in [-0.2, 0) is 16.1 Å². The van der Waals surface area contributed by atoms with Gasteiger partial charge < -0.3 is 10.1 Å². The molecule has 5 nitrogen and oxygen atoms in total. The maximum absolute atomic E-state index is 12.0. The van der Waals surface area contributed by atoms with Gasteiger partial charge in [-0.1, -0.05) is 36.4 Å². The number of hydrogen-bond acceptors (Lipinski definition) is 4. The molecule has 2 aromatic carbocycles. The van der Waals surface area contributed by atoms with E-state index in [9.17, 15) is 9.59 Å². The Morgan fingerprint density at radius 2 is 1.78 bits per heavy atom. The van der Waals surface area contributed by atoms with Crippen molar-refractivity contribution >= 4 is 11.9 Å². The van der Waals surface area contributed by atoms with Crippen molar-refractivity contribution in [3.8, 4) is 6.07 Å². The molecule has 0 aliphatic carbocycles. The number of carbonyl (C=O) groups is 2. The van der Waals surface area contributed by atoms with Gasteiger partial charge in [0, 0.05) is 11.1 Å². The number of nitrogens with zero attached hydrogens (tertiary/aromatic N) is 1. The summed E-state index contributed by atoms with van der Waals surface area (Å²) in [7, 11) is 0. The summed E-state index contributed by atoms with van der Waals surface area (Å²) >= 11 is 0. The molecule has 0 saturated heterocycles. The maximum Gasteiger partial charge on any atom is 0.328 e. The summed E-state index contributed by atoms with van der Waals surface area (Å²) in [5.41, 5.74) is 1.56. The first-order chi connectivity index (χ1) is 11.1. The molecule has 0 heterocycles. The number of rotatable bonds is 5. The topological polar surface area (TPSA) is 79.2 Å². The Balaban J connectivity index is 1.91. The summed E-state index contributed by atoms with van der Waals surface area (Å²) in [6.45, 7) is 1.55. The van der Waals surface area contributed by atoms with Crippen LogP contribution in [-0.4, -0.2) is 17.9 Å². The first-order valence-corrected chi connectivity index (χ1v) is 7.12. The Bertz CT molecular complexity index is 735. The zero-order valence-corrected chi connectivity index (χ0v) is 12.7. The van der Waals surface area contributed by atoms with Crippen molar-refractivity contribution in [2.45, 2.75) is 19.6 Å². The molecule has 1 N–H and O–H groups in total. The first-order valence-electron chi connectivity index (χ1n) is 7.12. The standard InChI is InChI=1S/C18H16N2O3/c1-13(20-17(21)14-7-3-2-4-8-14)18(22)23-12-16-10-6-5-9-15(16)11-19/h2-10,13H,12H2,1H3,(H,20,21). The van der Waals surface area contributed by atoms with Crippen molar-refractivity contribution in [1.82, 2.24) is 5.32 Å². The van der Waals surface area contributed by atoms with Crippen LogP contribution in [0.3, 0.4) is 0 Å². The second-order valence-electron chi connectivity index (χ2n) is 4.94. The van der Waals surface area contributed by atoms with Crippen LogP contribution in [0.15, 0.2) is 54.6 Å². The summed E-state index contributed by atoms with van der Waals surface area (Å²) in [5.74, 6) is -0.894. The predicted molar refractivity (Wildman–Crippen MR) is 84.3 cm³/mol. The van der Waals surface area contributed by atoms with Crippen molar-refractivity contribution in [1.29, 1.82) is 5.26 Å². The smallest absolute Gasteiger partial charge is 0.328 e. The van der Waals surface area contributed by atoms with Gasteiger partial charge in [-0.05, 0) is 25.1 Å². The maximum atomic E-state index is 12.0. The van der Waals surface area contributed by atoms with Crippen LogP contribution in [0, 0.1) is 11.3 Å². The molecule has 0 fully saturated rings. The number of ether oxygens (including phenoxy) is 1. The van der Waals surface area contributed by atoms with E-state index >= 15 is 0 Å². The molecule has 0 saturated carbocycles. The highest BCUT2D eigenvalue weighted by atomic mass is 16.5. The van der Waals surface area contributed by atoms with Crippen molar-refractivity contribution in [3.05, 3.63) is 71.3 Å². The lowest BCUT2D eigenvalue weighted by atomic mass is 10.1. The van der Waals surface area contributed by atoms with Crippen molar-refractivity contribution in [2.75, 3.05) is 0 Å². The zero-order chi connectivity index (χ0) is 16.7. The van der Waals surface area contributed by atoms with E-state index in [4.69, 9.17) is 10.00 Å². The predicted octanol–water partition coefficient (Wildman–Crippen LogP) is 2.42. The van der Waals surface area contributed by atoms with Gasteiger partial charge in [-0.3, -0.25) is 4.79 Å². The molecule has 116 valence electrons. The Kier molecular flexibility index (Phi) is 5.48. The third kappa shape index (κ3) is 4.42. The molecule has 0 spiro atoms. The average Bonchev–Trinajstić information content (AvgIpc) is 2.60. The van der Waals surface area contributed by atoms with Gasteiger partial charge in [0.15, 0.2) is 0 Å². The Labute approximate surface area is 134 Å². The number of carbonyl (C=O) groups excluding carboxylic acids is 2. The molecule has 0 aliphatic rings. The normalized spacial score (nSPS) is 11.1. The Morgan fingerprint density at radius 1 is 1.13 bits per heavy atom. The highest BCUT2D eigenvalue weighted by Crippen LogP contribution is 2.09. The van der Waals surface area contributed by atoms with Gasteiger partial charge in [0.25, 0.3) is 5.91 Å². The summed E-state index contributed by atoms with van der Waals surface area (Å²) < 4.78 is 5.16. The number of benzene rings is 2. The number of amides is 1. The van der Waals surface area contributed by atoms with Gasteiger partial charge >= 0.3 is 5.97 Å². The minimum absolute atomic E-state index is 0.00584. The van der Waals surface area contributed by atoms with Crippen LogP contribution in [0.5, 0.6) is 0 Å². The third-order valence-corrected chi connectivity index (χ3v) is 3.24. The molecule has 2 rings (SSSR count). The molecule has 5 heteroatoms. The summed E-state index contributed by atoms with van der Waals surface area (Å²) in [5, 5.41) is 11.6. The third-order valence-electron chi connectivity index (χ3n) is 3.24. The molecule has 0 aromatic heterocycles. The van der Waals surface area contributed by atoms with Crippen LogP contribution < -0.4 is 5.32 Å². The fraction of sp³-hybridized carbons (Fsp3) is 0.167. The molecular weight excluding hydrogens is 292 g/mol. The second kappa shape index (κ2) is 7.76. The fourth-order valence-corrected chi connectivity index (χ4v) is 1.96. The lowest BCUT2D eigenvalue weighted by Crippen LogP contribution is -2.39. The van der Waals surface area contributed by atoms with Crippen molar-refractivity contribution in [2.24, 2.45) is 0 Å². The molecule has 0 aliphatic heterocycles. The average molecular weight is 308 g/mol. The van der Waals surface area contributed by atoms with E-state index in [-0.39, 0.29) is 12.5 Å². The Morgan fingerprint density at radius 3 is 2.48 bits per heavy atom. The lowest BCUT2D eigenvalue weighted by Gasteiger charge is -2.14. The summed E-state index contributed by atoms with van der Waals surface area (Å²) in [4.78, 5) is 23.9. The van der Waals surface area contributed by atoms with Gasteiger partial charge in [0.05, 0.1) is 11.6 Å². The van der Waals surface area contributed by atoms with E-state index in [0.29, 0.717) is 16.7 Å². The Hall–Kier alpha value is -3.13. The quantitative estimate of drug-likeness (QED) is 0.860. The molecule has 0 bridgehead atoms. The molecule has 1 atom stereocenters. The van der Waals surface area contributed by atoms with Gasteiger partial charge in [0.1, 0.15) is 12.6 Å². The molecule has 0 radical (unpaired) electrons. The van der Waals surface area contributed by atoms with Gasteiger partial charge in [0.2, 0.25) is 0 Å². The first kappa shape index (κ1) is 16.2. The van der Waals surface area contributed by atoms with E-state index in [2.05, 4.69) is 5.32 Å². The number of nitrogens with one attached hydrogen (secondary N) is 1. The summed E-state index contributed by atoms with van der Waals surface area (Å²) in [6, 6.07) is 16.8. The van der Waals surface area contributed by atoms with Gasteiger partial charge in [-0.2, -0.15) is 5.26 Å². The largest absolute Gasteiger partial charge is 0.459 e. The van der Waals surface area contributed by atoms with E-state index in [1.165, 1.54) is 0 Å². The van der Waals surface area contributed by atoms with Crippen LogP contribution in [0.4, 0.5) is 0 Å². The van der Waals surface area contributed by atoms with Crippen molar-refractivity contribution < 1.29 is 14.3 Å². The lowest BCUT2D eigenvalue weighted by molar-refractivity contribution is -0.146. The van der Waals surface area contributed by atoms with Crippen LogP contribution in [0.1, 0.15) is 28.4 Å². The highest BCUT2D eigenvalue weighted by Gasteiger charge is 2.18. The molecule has 23 heavy (non-hydrogen) atoms. The SMILES string of the molecule is CC(NC(=O)c1ccccc1)C(=O)OCc1ccccc1C#N. The number of hydrogen-bond donors (Lipinski definition) is 1. The van der Waals surface area contributed by atoms with E-state index in [0.717, 1.165) is 0 Å². The van der Waals surface area contributed by atoms with Gasteiger partial charge in [-0.25, -0.2) is 4.79 Å². The second-order valence-corrected chi connectivity index (χ2v) is 4.94. The number of nitriles is 1. The highest BCUT2D eigenvalue weighted by molar-refractivity contribution is 5.96. The zero-order valence-electron chi connectivity index (χ0n) is 12.7. The van der Waals surface area contributed by atoms with E-state index in [1.807, 2.05) is 6.07 Å². The molecule has 2 aromatic rings. The van der Waals surface area contributed by atoms with E-state index in [1.54, 1.807) is 61.5 Å². The number of esters is 1. The van der Waals surface area contributed by atoms with Crippen molar-refractivity contribution in [3.63, 3.8) is 0 Å². The van der Waals surface area contributed by atoms with Crippen LogP contribution in [0.2, 0.25) is 0 Å².